The number of nitrogens with zero attached hydrogens (tertiary/aromatic N) is 2. The fraction of sp³-hybridized carbons (Fsp3) is 0.286. The molecule has 27 heavy (non-hydrogen) atoms. The highest BCUT2D eigenvalue weighted by molar-refractivity contribution is 5.96. The molecule has 1 aromatic carbocycles. The fourth-order valence-corrected chi connectivity index (χ4v) is 3.41. The summed E-state index contributed by atoms with van der Waals surface area (Å²) in [5, 5.41) is 3.83. The van der Waals surface area contributed by atoms with E-state index in [4.69, 9.17) is 4.42 Å². The number of benzene rings is 1. The number of nitrogens with one attached hydrogen (secondary N) is 1. The molecule has 3 aromatic rings. The third-order valence-corrected chi connectivity index (χ3v) is 4.77. The lowest BCUT2D eigenvalue weighted by Gasteiger charge is -2.24. The van der Waals surface area contributed by atoms with Gasteiger partial charge in [0.15, 0.2) is 5.76 Å². The van der Waals surface area contributed by atoms with Gasteiger partial charge in [0.1, 0.15) is 5.58 Å². The zero-order chi connectivity index (χ0) is 18.8. The first kappa shape index (κ1) is 17.3. The molecule has 2 aromatic heterocycles. The largest absolute Gasteiger partial charge is 0.451 e. The van der Waals surface area contributed by atoms with Crippen LogP contribution in [0, 0.1) is 6.92 Å². The highest BCUT2D eigenvalue weighted by Crippen LogP contribution is 2.23. The predicted molar refractivity (Wildman–Crippen MR) is 101 cm³/mol. The Morgan fingerprint density at radius 1 is 1.30 bits per heavy atom. The summed E-state index contributed by atoms with van der Waals surface area (Å²) in [5.74, 6) is 0.135. The van der Waals surface area contributed by atoms with Crippen LogP contribution < -0.4 is 5.32 Å². The van der Waals surface area contributed by atoms with E-state index in [-0.39, 0.29) is 17.9 Å². The van der Waals surface area contributed by atoms with Crippen LogP contribution in [0.4, 0.5) is 0 Å². The van der Waals surface area contributed by atoms with Crippen molar-refractivity contribution in [1.82, 2.24) is 15.2 Å². The van der Waals surface area contributed by atoms with Gasteiger partial charge in [0.2, 0.25) is 5.91 Å². The van der Waals surface area contributed by atoms with Crippen LogP contribution in [0.5, 0.6) is 0 Å². The van der Waals surface area contributed by atoms with Crippen LogP contribution in [-0.4, -0.2) is 34.3 Å². The minimum atomic E-state index is -0.198. The van der Waals surface area contributed by atoms with Gasteiger partial charge in [-0.05, 0) is 43.7 Å². The molecule has 1 saturated heterocycles. The molecule has 0 spiro atoms. The lowest BCUT2D eigenvalue weighted by molar-refractivity contribution is -0.119. The van der Waals surface area contributed by atoms with Crippen molar-refractivity contribution in [3.8, 4) is 0 Å². The second kappa shape index (κ2) is 7.23. The van der Waals surface area contributed by atoms with Gasteiger partial charge in [-0.15, -0.1) is 0 Å². The predicted octanol–water partition coefficient (Wildman–Crippen LogP) is 3.06. The molecule has 0 unspecified atom stereocenters. The van der Waals surface area contributed by atoms with E-state index in [0.29, 0.717) is 30.9 Å². The van der Waals surface area contributed by atoms with Gasteiger partial charge in [0.05, 0.1) is 12.2 Å². The summed E-state index contributed by atoms with van der Waals surface area (Å²) in [6.45, 7) is 2.80. The summed E-state index contributed by atoms with van der Waals surface area (Å²) < 4.78 is 5.79. The lowest BCUT2D eigenvalue weighted by Crippen LogP contribution is -2.41. The third kappa shape index (κ3) is 3.84. The normalized spacial score (nSPS) is 16.5. The highest BCUT2D eigenvalue weighted by atomic mass is 16.3. The van der Waals surface area contributed by atoms with E-state index in [1.807, 2.05) is 43.3 Å². The van der Waals surface area contributed by atoms with Crippen molar-refractivity contribution in [3.05, 3.63) is 65.7 Å². The molecule has 4 rings (SSSR count). The van der Waals surface area contributed by atoms with Gasteiger partial charge in [-0.2, -0.15) is 0 Å². The molecular formula is C21H21N3O3. The zero-order valence-electron chi connectivity index (χ0n) is 15.1. The molecule has 138 valence electrons. The molecule has 2 amide bonds. The summed E-state index contributed by atoms with van der Waals surface area (Å²) in [7, 11) is 0. The Kier molecular flexibility index (Phi) is 4.62. The van der Waals surface area contributed by atoms with Crippen molar-refractivity contribution in [2.45, 2.75) is 32.4 Å². The summed E-state index contributed by atoms with van der Waals surface area (Å²) in [4.78, 5) is 30.7. The number of aryl methyl sites for hydroxylation is 1. The molecule has 1 fully saturated rings. The second-order valence-electron chi connectivity index (χ2n) is 6.96. The molecule has 6 heteroatoms. The highest BCUT2D eigenvalue weighted by Gasteiger charge is 2.27. The van der Waals surface area contributed by atoms with Gasteiger partial charge < -0.3 is 14.6 Å². The molecule has 3 heterocycles. The maximum Gasteiger partial charge on any atom is 0.290 e. The molecule has 6 nitrogen and oxygen atoms in total. The number of rotatable bonds is 5. The number of aromatic nitrogens is 1. The fourth-order valence-electron chi connectivity index (χ4n) is 3.41. The first-order chi connectivity index (χ1) is 13.1. The van der Waals surface area contributed by atoms with Crippen LogP contribution in [0.1, 0.15) is 34.7 Å². The number of fused-ring (bicyclic) bond motifs is 1. The van der Waals surface area contributed by atoms with Gasteiger partial charge in [-0.1, -0.05) is 17.7 Å². The zero-order valence-corrected chi connectivity index (χ0v) is 15.1. The van der Waals surface area contributed by atoms with Crippen LogP contribution in [0.15, 0.2) is 53.1 Å². The van der Waals surface area contributed by atoms with E-state index < -0.39 is 0 Å². The maximum absolute atomic E-state index is 13.2. The van der Waals surface area contributed by atoms with E-state index in [0.717, 1.165) is 23.1 Å². The molecule has 1 atom stereocenters. The second-order valence-corrected chi connectivity index (χ2v) is 6.96. The topological polar surface area (TPSA) is 75.4 Å². The van der Waals surface area contributed by atoms with Gasteiger partial charge in [0, 0.05) is 30.6 Å². The van der Waals surface area contributed by atoms with Crippen molar-refractivity contribution in [2.75, 3.05) is 6.54 Å². The van der Waals surface area contributed by atoms with Crippen LogP contribution >= 0.6 is 0 Å². The summed E-state index contributed by atoms with van der Waals surface area (Å²) in [5.41, 5.74) is 2.60. The van der Waals surface area contributed by atoms with E-state index in [9.17, 15) is 9.59 Å². The maximum atomic E-state index is 13.2. The minimum absolute atomic E-state index is 0.0319. The smallest absolute Gasteiger partial charge is 0.290 e. The summed E-state index contributed by atoms with van der Waals surface area (Å²) in [6, 6.07) is 13.2. The quantitative estimate of drug-likeness (QED) is 0.756. The monoisotopic (exact) mass is 363 g/mol. The average Bonchev–Trinajstić information content (AvgIpc) is 3.27. The molecule has 0 aliphatic carbocycles. The third-order valence-electron chi connectivity index (χ3n) is 4.77. The molecule has 1 aliphatic rings. The molecule has 0 saturated carbocycles. The van der Waals surface area contributed by atoms with E-state index in [1.54, 1.807) is 17.2 Å². The average molecular weight is 363 g/mol. The Balaban J connectivity index is 1.60. The standard InChI is InChI=1S/C21H21N3O3/c1-14-5-7-18-15(10-14)11-19(27-18)21(26)24(12-16-4-2-3-9-22-16)13-17-6-8-20(25)23-17/h2-5,7,9-11,17H,6,8,12-13H2,1H3,(H,23,25)/t17-/m0/s1. The Morgan fingerprint density at radius 2 is 2.19 bits per heavy atom. The molecular weight excluding hydrogens is 342 g/mol. The van der Waals surface area contributed by atoms with Crippen molar-refractivity contribution >= 4 is 22.8 Å². The van der Waals surface area contributed by atoms with Gasteiger partial charge in [-0.3, -0.25) is 14.6 Å². The number of furan rings is 1. The number of pyridine rings is 1. The van der Waals surface area contributed by atoms with Crippen molar-refractivity contribution < 1.29 is 14.0 Å². The first-order valence-corrected chi connectivity index (χ1v) is 9.07. The van der Waals surface area contributed by atoms with Gasteiger partial charge in [0.25, 0.3) is 5.91 Å². The Morgan fingerprint density at radius 3 is 2.93 bits per heavy atom. The lowest BCUT2D eigenvalue weighted by atomic mass is 10.1. The van der Waals surface area contributed by atoms with E-state index in [2.05, 4.69) is 10.3 Å². The number of amides is 2. The minimum Gasteiger partial charge on any atom is -0.451 e. The number of carbonyl (C=O) groups excluding carboxylic acids is 2. The summed E-state index contributed by atoms with van der Waals surface area (Å²) in [6.07, 6.45) is 2.93. The van der Waals surface area contributed by atoms with Crippen molar-refractivity contribution in [1.29, 1.82) is 0 Å². The van der Waals surface area contributed by atoms with Crippen molar-refractivity contribution in [2.24, 2.45) is 0 Å². The van der Waals surface area contributed by atoms with Gasteiger partial charge in [-0.25, -0.2) is 0 Å². The summed E-state index contributed by atoms with van der Waals surface area (Å²) >= 11 is 0. The molecule has 0 bridgehead atoms. The molecule has 0 radical (unpaired) electrons. The Hall–Kier alpha value is -3.15. The van der Waals surface area contributed by atoms with Crippen LogP contribution in [0.2, 0.25) is 0 Å². The SMILES string of the molecule is Cc1ccc2oc(C(=O)N(Cc3ccccn3)C[C@@H]3CCC(=O)N3)cc2c1. The van der Waals surface area contributed by atoms with Crippen LogP contribution in [0.3, 0.4) is 0 Å². The first-order valence-electron chi connectivity index (χ1n) is 9.07. The molecule has 1 N–H and O–H groups in total. The van der Waals surface area contributed by atoms with E-state index in [1.165, 1.54) is 0 Å². The van der Waals surface area contributed by atoms with Crippen LogP contribution in [-0.2, 0) is 11.3 Å². The van der Waals surface area contributed by atoms with Gasteiger partial charge >= 0.3 is 0 Å². The molecule has 1 aliphatic heterocycles. The van der Waals surface area contributed by atoms with E-state index >= 15 is 0 Å². The van der Waals surface area contributed by atoms with Crippen LogP contribution in [0.25, 0.3) is 11.0 Å². The number of hydrogen-bond donors (Lipinski definition) is 1. The number of carbonyl (C=O) groups is 2. The Labute approximate surface area is 157 Å². The Bertz CT molecular complexity index is 981. The van der Waals surface area contributed by atoms with Crippen molar-refractivity contribution in [3.63, 3.8) is 0 Å². The number of hydrogen-bond acceptors (Lipinski definition) is 4.